The first-order valence-corrected chi connectivity index (χ1v) is 13.6. The highest BCUT2D eigenvalue weighted by Crippen LogP contribution is 2.33. The number of anilines is 2. The predicted octanol–water partition coefficient (Wildman–Crippen LogP) is 8.06. The van der Waals surface area contributed by atoms with Crippen molar-refractivity contribution in [3.63, 3.8) is 0 Å². The van der Waals surface area contributed by atoms with E-state index in [1.807, 2.05) is 6.07 Å². The number of nitrogens with zero attached hydrogens (tertiary/aromatic N) is 3. The molecule has 0 aliphatic heterocycles. The number of nitrogens with one attached hydrogen (secondary N) is 2. The Morgan fingerprint density at radius 3 is 2.11 bits per heavy atom. The zero-order valence-corrected chi connectivity index (χ0v) is 23.4. The molecular formula is C32H43N5. The molecule has 2 N–H and O–H groups in total. The lowest BCUT2D eigenvalue weighted by atomic mass is 9.82. The van der Waals surface area contributed by atoms with Gasteiger partial charge < -0.3 is 15.2 Å². The molecule has 5 heteroatoms. The molecule has 2 aromatic carbocycles. The van der Waals surface area contributed by atoms with Crippen molar-refractivity contribution in [2.45, 2.75) is 85.9 Å². The first-order chi connectivity index (χ1) is 17.6. The summed E-state index contributed by atoms with van der Waals surface area (Å²) in [6.45, 7) is 15.1. The van der Waals surface area contributed by atoms with Gasteiger partial charge in [-0.05, 0) is 43.2 Å². The predicted molar refractivity (Wildman–Crippen MR) is 157 cm³/mol. The van der Waals surface area contributed by atoms with E-state index in [0.717, 1.165) is 67.3 Å². The van der Waals surface area contributed by atoms with Crippen LogP contribution in [0.2, 0.25) is 0 Å². The average Bonchev–Trinajstić information content (AvgIpc) is 3.18. The fourth-order valence-electron chi connectivity index (χ4n) is 5.29. The van der Waals surface area contributed by atoms with Crippen LogP contribution < -0.4 is 10.6 Å². The van der Waals surface area contributed by atoms with Gasteiger partial charge in [0.2, 0.25) is 0 Å². The van der Waals surface area contributed by atoms with Crippen molar-refractivity contribution in [3.8, 4) is 0 Å². The Kier molecular flexibility index (Phi) is 8.21. The van der Waals surface area contributed by atoms with Gasteiger partial charge in [-0.15, -0.1) is 0 Å². The highest BCUT2D eigenvalue weighted by atomic mass is 15.2. The first-order valence-electron chi connectivity index (χ1n) is 13.6. The van der Waals surface area contributed by atoms with E-state index in [1.54, 1.807) is 0 Å². The molecule has 37 heavy (non-hydrogen) atoms. The SMILES string of the molecule is CCCCc1nc2c(NC(C)(C)CC(C)(C)C)nc(NCc3ccccc3)cc2n1Cc1ccccc1. The van der Waals surface area contributed by atoms with E-state index < -0.39 is 0 Å². The smallest absolute Gasteiger partial charge is 0.157 e. The lowest BCUT2D eigenvalue weighted by Crippen LogP contribution is -2.35. The summed E-state index contributed by atoms with van der Waals surface area (Å²) in [6, 6.07) is 23.3. The van der Waals surface area contributed by atoms with Gasteiger partial charge in [-0.2, -0.15) is 0 Å². The molecule has 4 aromatic rings. The Labute approximate surface area is 222 Å². The lowest BCUT2D eigenvalue weighted by molar-refractivity contribution is 0.302. The van der Waals surface area contributed by atoms with Crippen molar-refractivity contribution in [3.05, 3.63) is 83.7 Å². The van der Waals surface area contributed by atoms with Crippen LogP contribution in [0.5, 0.6) is 0 Å². The standard InChI is InChI=1S/C32H43N5/c1-7-8-19-28-35-29-26(37(28)22-25-17-13-10-14-18-25)20-27(33-21-24-15-11-9-12-16-24)34-30(29)36-32(5,6)23-31(2,3)4/h9-18,20H,7-8,19,21-23H2,1-6H3,(H2,33,34,36). The minimum Gasteiger partial charge on any atom is -0.366 e. The molecule has 0 saturated heterocycles. The van der Waals surface area contributed by atoms with E-state index in [1.165, 1.54) is 11.1 Å². The van der Waals surface area contributed by atoms with Gasteiger partial charge in [0.25, 0.3) is 0 Å². The molecule has 2 heterocycles. The summed E-state index contributed by atoms with van der Waals surface area (Å²) in [7, 11) is 0. The number of aryl methyl sites for hydroxylation is 1. The summed E-state index contributed by atoms with van der Waals surface area (Å²) in [5, 5.41) is 7.37. The van der Waals surface area contributed by atoms with Crippen molar-refractivity contribution in [1.82, 2.24) is 14.5 Å². The molecule has 0 radical (unpaired) electrons. The molecule has 5 nitrogen and oxygen atoms in total. The molecule has 196 valence electrons. The maximum absolute atomic E-state index is 5.20. The van der Waals surface area contributed by atoms with Crippen LogP contribution in [0, 0.1) is 5.41 Å². The van der Waals surface area contributed by atoms with Gasteiger partial charge in [0.05, 0.1) is 5.52 Å². The van der Waals surface area contributed by atoms with Gasteiger partial charge in [0.15, 0.2) is 5.82 Å². The lowest BCUT2D eigenvalue weighted by Gasteiger charge is -2.34. The van der Waals surface area contributed by atoms with Gasteiger partial charge >= 0.3 is 0 Å². The maximum Gasteiger partial charge on any atom is 0.157 e. The van der Waals surface area contributed by atoms with Gasteiger partial charge in [-0.25, -0.2) is 9.97 Å². The zero-order chi connectivity index (χ0) is 26.5. The number of imidazole rings is 1. The van der Waals surface area contributed by atoms with Crippen LogP contribution in [0.3, 0.4) is 0 Å². The molecule has 0 spiro atoms. The van der Waals surface area contributed by atoms with Crippen molar-refractivity contribution in [2.24, 2.45) is 5.41 Å². The number of pyridine rings is 1. The minimum absolute atomic E-state index is 0.136. The monoisotopic (exact) mass is 497 g/mol. The van der Waals surface area contributed by atoms with E-state index in [4.69, 9.17) is 9.97 Å². The van der Waals surface area contributed by atoms with Crippen molar-refractivity contribution < 1.29 is 0 Å². The summed E-state index contributed by atoms with van der Waals surface area (Å²) < 4.78 is 2.39. The Balaban J connectivity index is 1.79. The fraction of sp³-hybridized carbons (Fsp3) is 0.438. The van der Waals surface area contributed by atoms with Crippen molar-refractivity contribution in [2.75, 3.05) is 10.6 Å². The molecule has 0 aliphatic carbocycles. The number of unbranched alkanes of at least 4 members (excludes halogenated alkanes) is 1. The molecule has 0 amide bonds. The van der Waals surface area contributed by atoms with E-state index in [0.29, 0.717) is 0 Å². The van der Waals surface area contributed by atoms with Gasteiger partial charge in [0, 0.05) is 31.1 Å². The Morgan fingerprint density at radius 1 is 0.838 bits per heavy atom. The Bertz CT molecular complexity index is 1280. The normalized spacial score (nSPS) is 12.2. The topological polar surface area (TPSA) is 54.8 Å². The van der Waals surface area contributed by atoms with Crippen molar-refractivity contribution >= 4 is 22.7 Å². The minimum atomic E-state index is -0.136. The van der Waals surface area contributed by atoms with E-state index >= 15 is 0 Å². The number of hydrogen-bond donors (Lipinski definition) is 2. The molecule has 0 atom stereocenters. The molecule has 0 unspecified atom stereocenters. The molecule has 0 bridgehead atoms. The summed E-state index contributed by atoms with van der Waals surface area (Å²) in [4.78, 5) is 10.3. The quantitative estimate of drug-likeness (QED) is 0.220. The summed E-state index contributed by atoms with van der Waals surface area (Å²) in [5.41, 5.74) is 4.64. The molecule has 4 rings (SSSR count). The van der Waals surface area contributed by atoms with Gasteiger partial charge in [0.1, 0.15) is 17.2 Å². The third kappa shape index (κ3) is 7.34. The second-order valence-corrected chi connectivity index (χ2v) is 12.0. The van der Waals surface area contributed by atoms with E-state index in [9.17, 15) is 0 Å². The number of benzene rings is 2. The van der Waals surface area contributed by atoms with Crippen LogP contribution in [-0.2, 0) is 19.5 Å². The third-order valence-electron chi connectivity index (χ3n) is 6.50. The van der Waals surface area contributed by atoms with Crippen molar-refractivity contribution in [1.29, 1.82) is 0 Å². The average molecular weight is 498 g/mol. The van der Waals surface area contributed by atoms with Crippen LogP contribution in [0.15, 0.2) is 66.7 Å². The second-order valence-electron chi connectivity index (χ2n) is 12.0. The van der Waals surface area contributed by atoms with Gasteiger partial charge in [-0.3, -0.25) is 0 Å². The summed E-state index contributed by atoms with van der Waals surface area (Å²) >= 11 is 0. The summed E-state index contributed by atoms with van der Waals surface area (Å²) in [5.74, 6) is 2.84. The molecular weight excluding hydrogens is 454 g/mol. The largest absolute Gasteiger partial charge is 0.366 e. The van der Waals surface area contributed by atoms with E-state index in [2.05, 4.69) is 117 Å². The fourth-order valence-corrected chi connectivity index (χ4v) is 5.29. The number of rotatable bonds is 11. The first kappa shape index (κ1) is 26.7. The zero-order valence-electron chi connectivity index (χ0n) is 23.4. The van der Waals surface area contributed by atoms with Crippen LogP contribution in [0.1, 0.15) is 77.8 Å². The highest BCUT2D eigenvalue weighted by Gasteiger charge is 2.27. The molecule has 0 aliphatic rings. The highest BCUT2D eigenvalue weighted by molar-refractivity contribution is 5.89. The Morgan fingerprint density at radius 2 is 1.49 bits per heavy atom. The molecule has 0 saturated carbocycles. The molecule has 0 fully saturated rings. The number of hydrogen-bond acceptors (Lipinski definition) is 4. The summed E-state index contributed by atoms with van der Waals surface area (Å²) in [6.07, 6.45) is 4.22. The maximum atomic E-state index is 5.20. The second kappa shape index (κ2) is 11.4. The van der Waals surface area contributed by atoms with Crippen LogP contribution in [0.25, 0.3) is 11.0 Å². The Hall–Kier alpha value is -3.34. The number of aromatic nitrogens is 3. The third-order valence-corrected chi connectivity index (χ3v) is 6.50. The number of fused-ring (bicyclic) bond motifs is 1. The van der Waals surface area contributed by atoms with Gasteiger partial charge in [-0.1, -0.05) is 94.8 Å². The van der Waals surface area contributed by atoms with Crippen LogP contribution >= 0.6 is 0 Å². The van der Waals surface area contributed by atoms with E-state index in [-0.39, 0.29) is 11.0 Å². The van der Waals surface area contributed by atoms with Crippen LogP contribution in [0.4, 0.5) is 11.6 Å². The van der Waals surface area contributed by atoms with Crippen LogP contribution in [-0.4, -0.2) is 20.1 Å². The molecule has 2 aromatic heterocycles.